The number of hydrogen-bond acceptors (Lipinski definition) is 3. The van der Waals surface area contributed by atoms with E-state index in [1.165, 1.54) is 22.8 Å². The van der Waals surface area contributed by atoms with Crippen LogP contribution in [0.15, 0.2) is 48.5 Å². The van der Waals surface area contributed by atoms with Crippen LogP contribution < -0.4 is 10.6 Å². The lowest BCUT2D eigenvalue weighted by Gasteiger charge is -2.37. The maximum Gasteiger partial charge on any atom is 0.133 e. The van der Waals surface area contributed by atoms with Gasteiger partial charge in [0.25, 0.3) is 0 Å². The smallest absolute Gasteiger partial charge is 0.133 e. The third-order valence-corrected chi connectivity index (χ3v) is 5.59. The fourth-order valence-electron chi connectivity index (χ4n) is 4.60. The van der Waals surface area contributed by atoms with Gasteiger partial charge in [0.1, 0.15) is 17.6 Å². The minimum atomic E-state index is 0.625. The normalized spacial score (nSPS) is 20.0. The summed E-state index contributed by atoms with van der Waals surface area (Å²) in [7, 11) is 0. The minimum absolute atomic E-state index is 0.625. The molecule has 1 aliphatic heterocycles. The minimum Gasteiger partial charge on any atom is -0.396 e. The highest BCUT2D eigenvalue weighted by Crippen LogP contribution is 2.34. The summed E-state index contributed by atoms with van der Waals surface area (Å²) < 4.78 is 2.10. The van der Waals surface area contributed by atoms with Crippen molar-refractivity contribution in [3.05, 3.63) is 59.8 Å². The van der Waals surface area contributed by atoms with Gasteiger partial charge in [-0.1, -0.05) is 56.3 Å². The first kappa shape index (κ1) is 17.5. The monoisotopic (exact) mass is 358 g/mol. The highest BCUT2D eigenvalue weighted by atomic mass is 15.3. The zero-order valence-corrected chi connectivity index (χ0v) is 16.0. The first-order valence-corrected chi connectivity index (χ1v) is 9.67. The molecule has 0 unspecified atom stereocenters. The van der Waals surface area contributed by atoms with Gasteiger partial charge in [0.05, 0.1) is 12.2 Å². The number of nitriles is 1. The Hall–Kier alpha value is -2.93. The van der Waals surface area contributed by atoms with Gasteiger partial charge in [0.2, 0.25) is 0 Å². The standard InChI is InChI=1S/C23H26N4/c1-16-10-17(2)14-26(13-16)23-22(25)11-20(12-24)27(23)15-19-8-5-7-18-6-3-4-9-21(18)19/h3-9,11,16-17H,10,13-15,25H2,1-2H3/t16-,17-/m1/s1. The lowest BCUT2D eigenvalue weighted by atomic mass is 9.92. The zero-order chi connectivity index (χ0) is 19.0. The number of aromatic nitrogens is 1. The Labute approximate surface area is 160 Å². The maximum absolute atomic E-state index is 9.70. The zero-order valence-electron chi connectivity index (χ0n) is 16.0. The number of anilines is 2. The molecular weight excluding hydrogens is 332 g/mol. The molecule has 2 N–H and O–H groups in total. The summed E-state index contributed by atoms with van der Waals surface area (Å²) in [6.45, 7) is 7.21. The summed E-state index contributed by atoms with van der Waals surface area (Å²) in [5.41, 5.74) is 8.93. The number of piperidine rings is 1. The van der Waals surface area contributed by atoms with Crippen LogP contribution in [-0.2, 0) is 6.54 Å². The van der Waals surface area contributed by atoms with Gasteiger partial charge < -0.3 is 15.2 Å². The van der Waals surface area contributed by atoms with E-state index in [2.05, 4.69) is 71.8 Å². The van der Waals surface area contributed by atoms with Crippen molar-refractivity contribution in [2.24, 2.45) is 11.8 Å². The van der Waals surface area contributed by atoms with Crippen molar-refractivity contribution in [2.75, 3.05) is 23.7 Å². The Kier molecular flexibility index (Phi) is 4.53. The number of nitrogen functional groups attached to an aromatic ring is 1. The summed E-state index contributed by atoms with van der Waals surface area (Å²) in [5, 5.41) is 12.1. The highest BCUT2D eigenvalue weighted by molar-refractivity contribution is 5.85. The number of nitrogens with zero attached hydrogens (tertiary/aromatic N) is 3. The molecule has 2 aromatic carbocycles. The molecule has 1 saturated heterocycles. The number of hydrogen-bond donors (Lipinski definition) is 1. The topological polar surface area (TPSA) is 58.0 Å². The Balaban J connectivity index is 1.79. The van der Waals surface area contributed by atoms with Gasteiger partial charge in [-0.25, -0.2) is 0 Å². The number of nitrogens with two attached hydrogens (primary N) is 1. The molecule has 138 valence electrons. The molecule has 1 aliphatic rings. The van der Waals surface area contributed by atoms with Crippen molar-refractivity contribution in [3.8, 4) is 6.07 Å². The van der Waals surface area contributed by atoms with E-state index in [0.29, 0.717) is 29.8 Å². The molecule has 0 saturated carbocycles. The van der Waals surface area contributed by atoms with E-state index in [4.69, 9.17) is 5.73 Å². The van der Waals surface area contributed by atoms with E-state index in [1.54, 1.807) is 0 Å². The van der Waals surface area contributed by atoms with Gasteiger partial charge in [-0.2, -0.15) is 5.26 Å². The summed E-state index contributed by atoms with van der Waals surface area (Å²) in [4.78, 5) is 2.38. The molecule has 4 heteroatoms. The number of rotatable bonds is 3. The molecule has 0 amide bonds. The summed E-state index contributed by atoms with van der Waals surface area (Å²) >= 11 is 0. The van der Waals surface area contributed by atoms with Crippen molar-refractivity contribution in [2.45, 2.75) is 26.8 Å². The molecule has 3 aromatic rings. The van der Waals surface area contributed by atoms with Gasteiger partial charge in [0, 0.05) is 13.1 Å². The van der Waals surface area contributed by atoms with Crippen LogP contribution in [0.25, 0.3) is 10.8 Å². The van der Waals surface area contributed by atoms with Crippen molar-refractivity contribution in [1.29, 1.82) is 5.26 Å². The second-order valence-corrected chi connectivity index (χ2v) is 8.00. The Morgan fingerprint density at radius 1 is 1.07 bits per heavy atom. The maximum atomic E-state index is 9.70. The van der Waals surface area contributed by atoms with Crippen LogP contribution in [0.4, 0.5) is 11.5 Å². The second kappa shape index (κ2) is 7.00. The molecule has 0 radical (unpaired) electrons. The van der Waals surface area contributed by atoms with Crippen LogP contribution in [0.5, 0.6) is 0 Å². The summed E-state index contributed by atoms with van der Waals surface area (Å²) in [5.74, 6) is 2.25. The first-order valence-electron chi connectivity index (χ1n) is 9.67. The predicted octanol–water partition coefficient (Wildman–Crippen LogP) is 4.63. The SMILES string of the molecule is C[C@@H]1C[C@@H](C)CN(c2c(N)cc(C#N)n2Cc2cccc3ccccc23)C1. The molecule has 0 aliphatic carbocycles. The molecule has 1 aromatic heterocycles. The highest BCUT2D eigenvalue weighted by Gasteiger charge is 2.27. The van der Waals surface area contributed by atoms with Gasteiger partial charge >= 0.3 is 0 Å². The first-order chi connectivity index (χ1) is 13.1. The van der Waals surface area contributed by atoms with Gasteiger partial charge in [-0.3, -0.25) is 0 Å². The largest absolute Gasteiger partial charge is 0.396 e. The van der Waals surface area contributed by atoms with Crippen molar-refractivity contribution < 1.29 is 0 Å². The average molecular weight is 358 g/mol. The van der Waals surface area contributed by atoms with Crippen molar-refractivity contribution in [1.82, 2.24) is 4.57 Å². The quantitative estimate of drug-likeness (QED) is 0.743. The van der Waals surface area contributed by atoms with Crippen LogP contribution in [-0.4, -0.2) is 17.7 Å². The molecule has 27 heavy (non-hydrogen) atoms. The van der Waals surface area contributed by atoms with Crippen molar-refractivity contribution in [3.63, 3.8) is 0 Å². The van der Waals surface area contributed by atoms with Crippen molar-refractivity contribution >= 4 is 22.3 Å². The van der Waals surface area contributed by atoms with Crippen LogP contribution in [0.1, 0.15) is 31.5 Å². The fourth-order valence-corrected chi connectivity index (χ4v) is 4.60. The Morgan fingerprint density at radius 3 is 2.52 bits per heavy atom. The predicted molar refractivity (Wildman–Crippen MR) is 112 cm³/mol. The van der Waals surface area contributed by atoms with Crippen LogP contribution in [0.3, 0.4) is 0 Å². The fraction of sp³-hybridized carbons (Fsp3) is 0.348. The molecule has 2 atom stereocenters. The number of fused-ring (bicyclic) bond motifs is 1. The molecule has 0 spiro atoms. The molecule has 0 bridgehead atoms. The Morgan fingerprint density at radius 2 is 1.78 bits per heavy atom. The third kappa shape index (κ3) is 3.26. The van der Waals surface area contributed by atoms with Crippen LogP contribution in [0.2, 0.25) is 0 Å². The van der Waals surface area contributed by atoms with E-state index in [1.807, 2.05) is 6.07 Å². The molecule has 4 rings (SSSR count). The van der Waals surface area contributed by atoms with Gasteiger partial charge in [0.15, 0.2) is 0 Å². The Bertz CT molecular complexity index is 996. The average Bonchev–Trinajstić information content (AvgIpc) is 2.96. The van der Waals surface area contributed by atoms with Crippen LogP contribution >= 0.6 is 0 Å². The second-order valence-electron chi connectivity index (χ2n) is 8.00. The van der Waals surface area contributed by atoms with E-state index in [0.717, 1.165) is 18.9 Å². The van der Waals surface area contributed by atoms with Gasteiger partial charge in [-0.05, 0) is 40.7 Å². The molecule has 2 heterocycles. The molecule has 1 fully saturated rings. The van der Waals surface area contributed by atoms with E-state index < -0.39 is 0 Å². The van der Waals surface area contributed by atoms with E-state index in [9.17, 15) is 5.26 Å². The van der Waals surface area contributed by atoms with E-state index in [-0.39, 0.29) is 0 Å². The summed E-state index contributed by atoms with van der Waals surface area (Å²) in [6.07, 6.45) is 1.24. The summed E-state index contributed by atoms with van der Waals surface area (Å²) in [6, 6.07) is 18.9. The third-order valence-electron chi connectivity index (χ3n) is 5.59. The van der Waals surface area contributed by atoms with E-state index >= 15 is 0 Å². The lowest BCUT2D eigenvalue weighted by molar-refractivity contribution is 0.353. The molecular formula is C23H26N4. The lowest BCUT2D eigenvalue weighted by Crippen LogP contribution is -2.40. The van der Waals surface area contributed by atoms with Crippen LogP contribution in [0, 0.1) is 23.2 Å². The number of benzene rings is 2. The van der Waals surface area contributed by atoms with Gasteiger partial charge in [-0.15, -0.1) is 0 Å². The molecule has 4 nitrogen and oxygen atoms in total.